The number of nitrogen functional groups attached to an aromatic ring is 1. The molecule has 0 bridgehead atoms. The van der Waals surface area contributed by atoms with E-state index in [0.29, 0.717) is 21.1 Å². The third kappa shape index (κ3) is 2.89. The fraction of sp³-hybridized carbons (Fsp3) is 0.250. The first-order valence-corrected chi connectivity index (χ1v) is 6.62. The van der Waals surface area contributed by atoms with Gasteiger partial charge in [0.15, 0.2) is 0 Å². The highest BCUT2D eigenvalue weighted by molar-refractivity contribution is 14.1. The summed E-state index contributed by atoms with van der Waals surface area (Å²) in [5.74, 6) is -0.638. The van der Waals surface area contributed by atoms with E-state index in [9.17, 15) is 17.6 Å². The number of alkyl halides is 3. The molecule has 0 amide bonds. The molecule has 0 atom stereocenters. The average Bonchev–Trinajstić information content (AvgIpc) is 2.58. The number of hydrogen-bond donors (Lipinski definition) is 1. The minimum absolute atomic E-state index is 0.0792. The van der Waals surface area contributed by atoms with E-state index in [0.717, 1.165) is 12.1 Å². The first-order valence-electron chi connectivity index (χ1n) is 5.54. The molecule has 0 aliphatic carbocycles. The lowest BCUT2D eigenvalue weighted by molar-refractivity contribution is -0.138. The van der Waals surface area contributed by atoms with Crippen molar-refractivity contribution in [2.45, 2.75) is 19.6 Å². The number of nitrogens with two attached hydrogens (primary N) is 1. The summed E-state index contributed by atoms with van der Waals surface area (Å²) in [5, 5.41) is 4.07. The summed E-state index contributed by atoms with van der Waals surface area (Å²) in [6.07, 6.45) is -4.62. The molecular weight excluding hydrogens is 389 g/mol. The van der Waals surface area contributed by atoms with Crippen LogP contribution in [0.2, 0.25) is 0 Å². The molecule has 0 saturated heterocycles. The second-order valence-corrected chi connectivity index (χ2v) is 5.32. The molecule has 1 aromatic heterocycles. The standard InChI is InChI=1S/C12H10F4IN3/c1-6-10(17)11(18)20(19-6)5-7-2-3-8(13)4-9(7)12(14,15)16/h2-4H,5,18H2,1H3. The zero-order valence-corrected chi connectivity index (χ0v) is 12.5. The topological polar surface area (TPSA) is 43.8 Å². The molecule has 2 aromatic rings. The summed E-state index contributed by atoms with van der Waals surface area (Å²) < 4.78 is 53.6. The van der Waals surface area contributed by atoms with E-state index in [-0.39, 0.29) is 12.1 Å². The molecule has 1 heterocycles. The molecule has 3 nitrogen and oxygen atoms in total. The highest BCUT2D eigenvalue weighted by Crippen LogP contribution is 2.33. The Kier molecular flexibility index (Phi) is 3.94. The maximum atomic E-state index is 13.0. The monoisotopic (exact) mass is 399 g/mol. The van der Waals surface area contributed by atoms with Crippen molar-refractivity contribution >= 4 is 28.4 Å². The van der Waals surface area contributed by atoms with Gasteiger partial charge in [-0.3, -0.25) is 0 Å². The zero-order valence-electron chi connectivity index (χ0n) is 10.3. The van der Waals surface area contributed by atoms with Crippen molar-refractivity contribution in [2.75, 3.05) is 5.73 Å². The molecule has 0 unspecified atom stereocenters. The predicted octanol–water partition coefficient (Wildman–Crippen LogP) is 3.58. The Morgan fingerprint density at radius 1 is 1.35 bits per heavy atom. The second-order valence-electron chi connectivity index (χ2n) is 4.24. The average molecular weight is 399 g/mol. The summed E-state index contributed by atoms with van der Waals surface area (Å²) in [5.41, 5.74) is 5.32. The first kappa shape index (κ1) is 15.1. The number of hydrogen-bond acceptors (Lipinski definition) is 2. The van der Waals surface area contributed by atoms with Gasteiger partial charge in [0.05, 0.1) is 21.4 Å². The molecule has 1 aromatic carbocycles. The third-order valence-electron chi connectivity index (χ3n) is 2.79. The van der Waals surface area contributed by atoms with Gasteiger partial charge in [0, 0.05) is 0 Å². The van der Waals surface area contributed by atoms with Gasteiger partial charge in [-0.1, -0.05) is 6.07 Å². The lowest BCUT2D eigenvalue weighted by Crippen LogP contribution is -2.14. The number of rotatable bonds is 2. The van der Waals surface area contributed by atoms with E-state index in [2.05, 4.69) is 5.10 Å². The van der Waals surface area contributed by atoms with Gasteiger partial charge in [-0.25, -0.2) is 9.07 Å². The first-order chi connectivity index (χ1) is 9.20. The molecule has 0 aliphatic rings. The Morgan fingerprint density at radius 3 is 2.50 bits per heavy atom. The highest BCUT2D eigenvalue weighted by atomic mass is 127. The van der Waals surface area contributed by atoms with Gasteiger partial charge in [0.25, 0.3) is 0 Å². The van der Waals surface area contributed by atoms with Gasteiger partial charge in [0.2, 0.25) is 0 Å². The summed E-state index contributed by atoms with van der Waals surface area (Å²) in [6, 6.07) is 2.57. The van der Waals surface area contributed by atoms with Gasteiger partial charge in [0.1, 0.15) is 11.6 Å². The molecule has 0 saturated carbocycles. The van der Waals surface area contributed by atoms with Crippen molar-refractivity contribution in [3.63, 3.8) is 0 Å². The molecule has 0 aliphatic heterocycles. The molecule has 2 rings (SSSR count). The van der Waals surface area contributed by atoms with Crippen LogP contribution in [0.3, 0.4) is 0 Å². The molecule has 108 valence electrons. The van der Waals surface area contributed by atoms with Crippen LogP contribution in [-0.2, 0) is 12.7 Å². The van der Waals surface area contributed by atoms with Gasteiger partial charge in [-0.15, -0.1) is 0 Å². The quantitative estimate of drug-likeness (QED) is 0.620. The molecule has 0 spiro atoms. The summed E-state index contributed by atoms with van der Waals surface area (Å²) >= 11 is 1.97. The minimum Gasteiger partial charge on any atom is -0.383 e. The van der Waals surface area contributed by atoms with E-state index >= 15 is 0 Å². The Balaban J connectivity index is 2.46. The normalized spacial score (nSPS) is 11.9. The molecular formula is C12H10F4IN3. The maximum Gasteiger partial charge on any atom is 0.416 e. The van der Waals surface area contributed by atoms with Crippen LogP contribution < -0.4 is 5.73 Å². The Bertz CT molecular complexity index is 649. The van der Waals surface area contributed by atoms with Crippen LogP contribution >= 0.6 is 22.6 Å². The van der Waals surface area contributed by atoms with Crippen LogP contribution in [0.5, 0.6) is 0 Å². The van der Waals surface area contributed by atoms with Crippen molar-refractivity contribution in [1.82, 2.24) is 9.78 Å². The Labute approximate surface area is 125 Å². The summed E-state index contributed by atoms with van der Waals surface area (Å²) in [6.45, 7) is 1.55. The number of anilines is 1. The maximum absolute atomic E-state index is 13.0. The number of aryl methyl sites for hydroxylation is 1. The predicted molar refractivity (Wildman–Crippen MR) is 74.6 cm³/mol. The largest absolute Gasteiger partial charge is 0.416 e. The Hall–Kier alpha value is -1.32. The Morgan fingerprint density at radius 2 is 2.00 bits per heavy atom. The van der Waals surface area contributed by atoms with E-state index in [4.69, 9.17) is 5.73 Å². The number of nitrogens with zero attached hydrogens (tertiary/aromatic N) is 2. The number of aromatic nitrogens is 2. The number of halogens is 5. The molecule has 8 heteroatoms. The fourth-order valence-electron chi connectivity index (χ4n) is 1.81. The molecule has 0 radical (unpaired) electrons. The molecule has 2 N–H and O–H groups in total. The van der Waals surface area contributed by atoms with Crippen LogP contribution in [0.25, 0.3) is 0 Å². The van der Waals surface area contributed by atoms with Crippen molar-refractivity contribution in [1.29, 1.82) is 0 Å². The van der Waals surface area contributed by atoms with Gasteiger partial charge >= 0.3 is 6.18 Å². The van der Waals surface area contributed by atoms with Crippen LogP contribution in [0.15, 0.2) is 18.2 Å². The van der Waals surface area contributed by atoms with Crippen molar-refractivity contribution in [3.05, 3.63) is 44.4 Å². The smallest absolute Gasteiger partial charge is 0.383 e. The van der Waals surface area contributed by atoms with E-state index in [1.807, 2.05) is 22.6 Å². The van der Waals surface area contributed by atoms with Crippen molar-refractivity contribution < 1.29 is 17.6 Å². The molecule has 20 heavy (non-hydrogen) atoms. The minimum atomic E-state index is -4.62. The van der Waals surface area contributed by atoms with E-state index < -0.39 is 17.6 Å². The van der Waals surface area contributed by atoms with Gasteiger partial charge < -0.3 is 5.73 Å². The zero-order chi connectivity index (χ0) is 15.1. The lowest BCUT2D eigenvalue weighted by Gasteiger charge is -2.13. The fourth-order valence-corrected chi connectivity index (χ4v) is 2.20. The summed E-state index contributed by atoms with van der Waals surface area (Å²) in [7, 11) is 0. The third-order valence-corrected chi connectivity index (χ3v) is 4.12. The van der Waals surface area contributed by atoms with Gasteiger partial charge in [-0.2, -0.15) is 18.3 Å². The van der Waals surface area contributed by atoms with Gasteiger partial charge in [-0.05, 0) is 47.2 Å². The number of benzene rings is 1. The summed E-state index contributed by atoms with van der Waals surface area (Å²) in [4.78, 5) is 0. The van der Waals surface area contributed by atoms with Crippen molar-refractivity contribution in [2.24, 2.45) is 0 Å². The van der Waals surface area contributed by atoms with Crippen molar-refractivity contribution in [3.8, 4) is 0 Å². The van der Waals surface area contributed by atoms with Crippen LogP contribution in [-0.4, -0.2) is 9.78 Å². The molecule has 0 fully saturated rings. The lowest BCUT2D eigenvalue weighted by atomic mass is 10.1. The second kappa shape index (κ2) is 5.23. The SMILES string of the molecule is Cc1nn(Cc2ccc(F)cc2C(F)(F)F)c(N)c1I. The van der Waals surface area contributed by atoms with E-state index in [1.165, 1.54) is 4.68 Å². The highest BCUT2D eigenvalue weighted by Gasteiger charge is 2.34. The van der Waals surface area contributed by atoms with Crippen LogP contribution in [0.1, 0.15) is 16.8 Å². The van der Waals surface area contributed by atoms with Crippen LogP contribution in [0.4, 0.5) is 23.4 Å². The van der Waals surface area contributed by atoms with Crippen LogP contribution in [0, 0.1) is 16.3 Å². The van der Waals surface area contributed by atoms with E-state index in [1.54, 1.807) is 6.92 Å².